The average Bonchev–Trinajstić information content (AvgIpc) is 2.76. The Labute approximate surface area is 173 Å². The number of hydrogen-bond donors (Lipinski definition) is 2. The highest BCUT2D eigenvalue weighted by atomic mass is 16.5. The van der Waals surface area contributed by atoms with Crippen molar-refractivity contribution < 1.29 is 14.3 Å². The number of hydrogen-bond acceptors (Lipinski definition) is 4. The van der Waals surface area contributed by atoms with Crippen LogP contribution in [0.15, 0.2) is 83.7 Å². The molecule has 0 atom stereocenters. The SMILES string of the molecule is CCOc1ccc(Oc2ccc(NC(=O)c3cc(=O)[nH]c4ccccc34)cc2)cc1. The molecule has 0 aliphatic carbocycles. The molecule has 4 rings (SSSR count). The fraction of sp³-hybridized carbons (Fsp3) is 0.0833. The summed E-state index contributed by atoms with van der Waals surface area (Å²) < 4.78 is 11.2. The molecule has 0 saturated heterocycles. The van der Waals surface area contributed by atoms with Gasteiger partial charge in [0.25, 0.3) is 5.91 Å². The number of fused-ring (bicyclic) bond motifs is 1. The summed E-state index contributed by atoms with van der Waals surface area (Å²) >= 11 is 0. The molecular formula is C24H20N2O4. The molecule has 0 aliphatic rings. The normalized spacial score (nSPS) is 10.6. The van der Waals surface area contributed by atoms with Crippen molar-refractivity contribution in [2.75, 3.05) is 11.9 Å². The lowest BCUT2D eigenvalue weighted by Gasteiger charge is -2.10. The van der Waals surface area contributed by atoms with Gasteiger partial charge >= 0.3 is 0 Å². The zero-order valence-corrected chi connectivity index (χ0v) is 16.3. The lowest BCUT2D eigenvalue weighted by molar-refractivity contribution is 0.102. The van der Waals surface area contributed by atoms with Crippen LogP contribution in [0.25, 0.3) is 10.9 Å². The second-order valence-electron chi connectivity index (χ2n) is 6.58. The van der Waals surface area contributed by atoms with E-state index >= 15 is 0 Å². The first-order valence-corrected chi connectivity index (χ1v) is 9.56. The van der Waals surface area contributed by atoms with Gasteiger partial charge in [0.15, 0.2) is 0 Å². The van der Waals surface area contributed by atoms with Crippen LogP contribution < -0.4 is 20.3 Å². The number of aromatic amines is 1. The lowest BCUT2D eigenvalue weighted by Crippen LogP contribution is -2.16. The number of rotatable bonds is 6. The minimum absolute atomic E-state index is 0.321. The Morgan fingerprint density at radius 2 is 1.53 bits per heavy atom. The number of carbonyl (C=O) groups is 1. The van der Waals surface area contributed by atoms with Gasteiger partial charge in [0, 0.05) is 22.7 Å². The van der Waals surface area contributed by atoms with Crippen molar-refractivity contribution in [3.05, 3.63) is 94.8 Å². The molecule has 6 nitrogen and oxygen atoms in total. The molecule has 150 valence electrons. The van der Waals surface area contributed by atoms with E-state index in [-0.39, 0.29) is 11.5 Å². The Hall–Kier alpha value is -4.06. The summed E-state index contributed by atoms with van der Waals surface area (Å²) in [5.74, 6) is 1.76. The molecular weight excluding hydrogens is 380 g/mol. The molecule has 0 spiro atoms. The maximum absolute atomic E-state index is 12.7. The topological polar surface area (TPSA) is 80.4 Å². The maximum atomic E-state index is 12.7. The van der Waals surface area contributed by atoms with E-state index in [1.165, 1.54) is 6.07 Å². The van der Waals surface area contributed by atoms with Gasteiger partial charge in [0.05, 0.1) is 12.2 Å². The fourth-order valence-electron chi connectivity index (χ4n) is 3.10. The van der Waals surface area contributed by atoms with Crippen molar-refractivity contribution >= 4 is 22.5 Å². The van der Waals surface area contributed by atoms with E-state index < -0.39 is 0 Å². The van der Waals surface area contributed by atoms with Crippen LogP contribution in [0.5, 0.6) is 17.2 Å². The number of amides is 1. The Bertz CT molecular complexity index is 1230. The maximum Gasteiger partial charge on any atom is 0.256 e. The molecule has 0 radical (unpaired) electrons. The van der Waals surface area contributed by atoms with Gasteiger partial charge in [-0.05, 0) is 61.5 Å². The second-order valence-corrected chi connectivity index (χ2v) is 6.58. The molecule has 1 amide bonds. The molecule has 6 heteroatoms. The molecule has 4 aromatic rings. The zero-order valence-electron chi connectivity index (χ0n) is 16.3. The summed E-state index contributed by atoms with van der Waals surface area (Å²) in [6.07, 6.45) is 0. The standard InChI is InChI=1S/C24H20N2O4/c1-2-29-17-11-13-19(14-12-17)30-18-9-7-16(8-10-18)25-24(28)21-15-23(27)26-22-6-4-3-5-20(21)22/h3-15H,2H2,1H3,(H,25,28)(H,26,27). The van der Waals surface area contributed by atoms with E-state index in [4.69, 9.17) is 9.47 Å². The summed E-state index contributed by atoms with van der Waals surface area (Å²) in [4.78, 5) is 27.3. The molecule has 0 saturated carbocycles. The number of benzene rings is 3. The molecule has 3 aromatic carbocycles. The number of anilines is 1. The molecule has 0 unspecified atom stereocenters. The Balaban J connectivity index is 1.47. The Morgan fingerprint density at radius 3 is 2.23 bits per heavy atom. The van der Waals surface area contributed by atoms with Gasteiger partial charge in [-0.2, -0.15) is 0 Å². The molecule has 2 N–H and O–H groups in total. The number of ether oxygens (including phenoxy) is 2. The minimum atomic E-state index is -0.350. The van der Waals surface area contributed by atoms with E-state index in [0.29, 0.717) is 40.3 Å². The first-order chi connectivity index (χ1) is 14.6. The number of pyridine rings is 1. The van der Waals surface area contributed by atoms with Crippen molar-refractivity contribution in [3.8, 4) is 17.2 Å². The third kappa shape index (κ3) is 4.33. The quantitative estimate of drug-likeness (QED) is 0.479. The minimum Gasteiger partial charge on any atom is -0.494 e. The van der Waals surface area contributed by atoms with Crippen LogP contribution in [-0.2, 0) is 0 Å². The third-order valence-corrected chi connectivity index (χ3v) is 4.48. The summed E-state index contributed by atoms with van der Waals surface area (Å²) in [6, 6.07) is 22.9. The van der Waals surface area contributed by atoms with Gasteiger partial charge < -0.3 is 19.8 Å². The number of para-hydroxylation sites is 1. The first kappa shape index (κ1) is 19.3. The van der Waals surface area contributed by atoms with Crippen LogP contribution in [0.1, 0.15) is 17.3 Å². The molecule has 30 heavy (non-hydrogen) atoms. The first-order valence-electron chi connectivity index (χ1n) is 9.56. The van der Waals surface area contributed by atoms with Crippen molar-refractivity contribution in [1.82, 2.24) is 4.98 Å². The van der Waals surface area contributed by atoms with Crippen molar-refractivity contribution in [2.24, 2.45) is 0 Å². The van der Waals surface area contributed by atoms with Crippen LogP contribution in [0.3, 0.4) is 0 Å². The summed E-state index contributed by atoms with van der Waals surface area (Å²) in [5, 5.41) is 3.51. The van der Waals surface area contributed by atoms with Crippen molar-refractivity contribution in [2.45, 2.75) is 6.92 Å². The van der Waals surface area contributed by atoms with E-state index in [9.17, 15) is 9.59 Å². The van der Waals surface area contributed by atoms with E-state index in [2.05, 4.69) is 10.3 Å². The van der Waals surface area contributed by atoms with Crippen molar-refractivity contribution in [3.63, 3.8) is 0 Å². The average molecular weight is 400 g/mol. The summed E-state index contributed by atoms with van der Waals surface area (Å²) in [7, 11) is 0. The largest absolute Gasteiger partial charge is 0.494 e. The van der Waals surface area contributed by atoms with Gasteiger partial charge in [-0.1, -0.05) is 18.2 Å². The zero-order chi connectivity index (χ0) is 20.9. The number of aromatic nitrogens is 1. The van der Waals surface area contributed by atoms with Crippen LogP contribution >= 0.6 is 0 Å². The van der Waals surface area contributed by atoms with Crippen LogP contribution in [0, 0.1) is 0 Å². The van der Waals surface area contributed by atoms with Gasteiger partial charge in [-0.3, -0.25) is 9.59 Å². The number of carbonyl (C=O) groups excluding carboxylic acids is 1. The Morgan fingerprint density at radius 1 is 0.900 bits per heavy atom. The van der Waals surface area contributed by atoms with E-state index in [0.717, 1.165) is 5.75 Å². The third-order valence-electron chi connectivity index (χ3n) is 4.48. The second kappa shape index (κ2) is 8.53. The molecule has 0 aliphatic heterocycles. The Kier molecular flexibility index (Phi) is 5.48. The van der Waals surface area contributed by atoms with Gasteiger partial charge in [0.2, 0.25) is 5.56 Å². The monoisotopic (exact) mass is 400 g/mol. The van der Waals surface area contributed by atoms with E-state index in [1.807, 2.05) is 43.3 Å². The van der Waals surface area contributed by atoms with E-state index in [1.54, 1.807) is 36.4 Å². The molecule has 1 aromatic heterocycles. The smallest absolute Gasteiger partial charge is 0.256 e. The number of H-pyrrole nitrogens is 1. The van der Waals surface area contributed by atoms with Gasteiger partial charge in [-0.25, -0.2) is 0 Å². The van der Waals surface area contributed by atoms with Crippen LogP contribution in [0.2, 0.25) is 0 Å². The fourth-order valence-corrected chi connectivity index (χ4v) is 3.10. The molecule has 0 bridgehead atoms. The highest BCUT2D eigenvalue weighted by Gasteiger charge is 2.12. The highest BCUT2D eigenvalue weighted by Crippen LogP contribution is 2.25. The summed E-state index contributed by atoms with van der Waals surface area (Å²) in [5.41, 5.74) is 1.22. The predicted molar refractivity (Wildman–Crippen MR) is 117 cm³/mol. The molecule has 1 heterocycles. The highest BCUT2D eigenvalue weighted by molar-refractivity contribution is 6.12. The van der Waals surface area contributed by atoms with Crippen LogP contribution in [0.4, 0.5) is 5.69 Å². The predicted octanol–water partition coefficient (Wildman–Crippen LogP) is 4.97. The molecule has 0 fully saturated rings. The van der Waals surface area contributed by atoms with Crippen molar-refractivity contribution in [1.29, 1.82) is 0 Å². The van der Waals surface area contributed by atoms with Gasteiger partial charge in [-0.15, -0.1) is 0 Å². The number of nitrogens with one attached hydrogen (secondary N) is 2. The van der Waals surface area contributed by atoms with Gasteiger partial charge in [0.1, 0.15) is 17.2 Å². The van der Waals surface area contributed by atoms with Crippen LogP contribution in [-0.4, -0.2) is 17.5 Å². The summed E-state index contributed by atoms with van der Waals surface area (Å²) in [6.45, 7) is 2.55. The lowest BCUT2D eigenvalue weighted by atomic mass is 10.1.